The zero-order valence-corrected chi connectivity index (χ0v) is 9.94. The molecule has 7 heteroatoms. The lowest BCUT2D eigenvalue weighted by Crippen LogP contribution is -2.12. The molecule has 1 saturated carbocycles. The van der Waals surface area contributed by atoms with Crippen LogP contribution in [0.15, 0.2) is 6.07 Å². The summed E-state index contributed by atoms with van der Waals surface area (Å²) in [5.41, 5.74) is 0.253. The molecular formula is C11H14F2N2O3. The first-order valence-electron chi connectivity index (χ1n) is 5.79. The van der Waals surface area contributed by atoms with E-state index in [0.717, 1.165) is 12.8 Å². The molecule has 0 atom stereocenters. The van der Waals surface area contributed by atoms with Gasteiger partial charge in [0.2, 0.25) is 5.88 Å². The molecule has 18 heavy (non-hydrogen) atoms. The molecule has 0 bridgehead atoms. The third-order valence-electron chi connectivity index (χ3n) is 2.45. The molecule has 5 nitrogen and oxygen atoms in total. The summed E-state index contributed by atoms with van der Waals surface area (Å²) in [6.45, 7) is 1.22. The van der Waals surface area contributed by atoms with E-state index in [0.29, 0.717) is 0 Å². The van der Waals surface area contributed by atoms with Crippen LogP contribution in [0.2, 0.25) is 0 Å². The minimum atomic E-state index is -2.57. The van der Waals surface area contributed by atoms with Crippen molar-refractivity contribution in [3.8, 4) is 5.88 Å². The highest BCUT2D eigenvalue weighted by atomic mass is 19.3. The third kappa shape index (κ3) is 2.96. The maximum Gasteiger partial charge on any atom is 0.356 e. The van der Waals surface area contributed by atoms with Gasteiger partial charge in [-0.1, -0.05) is 0 Å². The molecule has 1 heterocycles. The molecule has 0 aromatic carbocycles. The molecule has 1 aliphatic carbocycles. The number of hydrogen-bond donors (Lipinski definition) is 0. The second kappa shape index (κ2) is 5.32. The molecule has 1 aromatic heterocycles. The van der Waals surface area contributed by atoms with Gasteiger partial charge >= 0.3 is 5.97 Å². The molecule has 0 saturated heterocycles. The van der Waals surface area contributed by atoms with Crippen molar-refractivity contribution in [2.24, 2.45) is 0 Å². The Labute approximate surface area is 103 Å². The minimum absolute atomic E-state index is 0.0326. The second-order valence-corrected chi connectivity index (χ2v) is 3.97. The van der Waals surface area contributed by atoms with Crippen molar-refractivity contribution in [3.63, 3.8) is 0 Å². The maximum absolute atomic E-state index is 12.0. The van der Waals surface area contributed by atoms with Gasteiger partial charge in [0.1, 0.15) is 0 Å². The van der Waals surface area contributed by atoms with E-state index in [4.69, 9.17) is 9.47 Å². The second-order valence-electron chi connectivity index (χ2n) is 3.97. The zero-order valence-electron chi connectivity index (χ0n) is 9.94. The third-order valence-corrected chi connectivity index (χ3v) is 2.45. The Balaban J connectivity index is 2.13. The van der Waals surface area contributed by atoms with Gasteiger partial charge in [-0.2, -0.15) is 0 Å². The van der Waals surface area contributed by atoms with E-state index in [-0.39, 0.29) is 24.2 Å². The Kier molecular flexibility index (Phi) is 3.78. The summed E-state index contributed by atoms with van der Waals surface area (Å²) >= 11 is 0. The van der Waals surface area contributed by atoms with E-state index < -0.39 is 19.0 Å². The fraction of sp³-hybridized carbons (Fsp3) is 0.636. The first-order valence-corrected chi connectivity index (χ1v) is 5.79. The Morgan fingerprint density at radius 1 is 1.61 bits per heavy atom. The first kappa shape index (κ1) is 12.8. The van der Waals surface area contributed by atoms with Crippen molar-refractivity contribution in [2.45, 2.75) is 32.2 Å². The van der Waals surface area contributed by atoms with Crippen molar-refractivity contribution >= 4 is 5.97 Å². The average molecular weight is 260 g/mol. The monoisotopic (exact) mass is 260 g/mol. The normalized spacial score (nSPS) is 14.9. The van der Waals surface area contributed by atoms with E-state index in [1.807, 2.05) is 0 Å². The van der Waals surface area contributed by atoms with Gasteiger partial charge in [0, 0.05) is 6.07 Å². The molecule has 1 aliphatic rings. The number of carbonyl (C=O) groups excluding carboxylic acids is 1. The summed E-state index contributed by atoms with van der Waals surface area (Å²) < 4.78 is 35.2. The van der Waals surface area contributed by atoms with Crippen LogP contribution in [0.3, 0.4) is 0 Å². The molecule has 0 aliphatic heterocycles. The van der Waals surface area contributed by atoms with Gasteiger partial charge in [0.15, 0.2) is 12.3 Å². The van der Waals surface area contributed by atoms with E-state index in [1.54, 1.807) is 6.92 Å². The van der Waals surface area contributed by atoms with Gasteiger partial charge in [-0.3, -0.25) is 4.68 Å². The number of carbonyl (C=O) groups is 1. The average Bonchev–Trinajstić information content (AvgIpc) is 3.07. The van der Waals surface area contributed by atoms with Crippen molar-refractivity contribution < 1.29 is 23.0 Å². The fourth-order valence-corrected chi connectivity index (χ4v) is 1.55. The van der Waals surface area contributed by atoms with Gasteiger partial charge < -0.3 is 9.47 Å². The molecule has 1 fully saturated rings. The molecule has 0 unspecified atom stereocenters. The molecule has 0 N–H and O–H groups in total. The Hall–Kier alpha value is -1.66. The zero-order chi connectivity index (χ0) is 13.1. The van der Waals surface area contributed by atoms with Crippen LogP contribution in [-0.4, -0.2) is 35.4 Å². The standard InChI is InChI=1S/C11H14F2N2O3/c1-2-17-11(16)8-5-10(18-6-9(12)13)14-15(8)7-3-4-7/h5,7,9H,2-4,6H2,1H3. The number of esters is 1. The molecular weight excluding hydrogens is 246 g/mol. The van der Waals surface area contributed by atoms with E-state index in [9.17, 15) is 13.6 Å². The first-order chi connectivity index (χ1) is 8.61. The Morgan fingerprint density at radius 3 is 2.89 bits per heavy atom. The molecule has 0 amide bonds. The maximum atomic E-state index is 12.0. The molecule has 1 aromatic rings. The van der Waals surface area contributed by atoms with Crippen LogP contribution in [0.1, 0.15) is 36.3 Å². The SMILES string of the molecule is CCOC(=O)c1cc(OCC(F)F)nn1C1CC1. The van der Waals surface area contributed by atoms with Gasteiger partial charge in [0.25, 0.3) is 6.43 Å². The summed E-state index contributed by atoms with van der Waals surface area (Å²) in [6, 6.07) is 1.49. The lowest BCUT2D eigenvalue weighted by Gasteiger charge is -2.03. The lowest BCUT2D eigenvalue weighted by atomic mass is 10.4. The van der Waals surface area contributed by atoms with Gasteiger partial charge in [-0.05, 0) is 19.8 Å². The number of ether oxygens (including phenoxy) is 2. The van der Waals surface area contributed by atoms with Crippen LogP contribution in [0.5, 0.6) is 5.88 Å². The number of halogens is 2. The molecule has 2 rings (SSSR count). The largest absolute Gasteiger partial charge is 0.471 e. The summed E-state index contributed by atoms with van der Waals surface area (Å²) in [5.74, 6) is -0.478. The summed E-state index contributed by atoms with van der Waals surface area (Å²) in [4.78, 5) is 11.7. The molecule has 0 spiro atoms. The van der Waals surface area contributed by atoms with Gasteiger partial charge in [0.05, 0.1) is 12.6 Å². The van der Waals surface area contributed by atoms with Crippen LogP contribution >= 0.6 is 0 Å². The molecule has 100 valence electrons. The van der Waals surface area contributed by atoms with Crippen LogP contribution in [-0.2, 0) is 4.74 Å². The van der Waals surface area contributed by atoms with Crippen molar-refractivity contribution in [1.29, 1.82) is 0 Å². The highest BCUT2D eigenvalue weighted by molar-refractivity contribution is 5.88. The van der Waals surface area contributed by atoms with Crippen molar-refractivity contribution in [2.75, 3.05) is 13.2 Å². The Morgan fingerprint density at radius 2 is 2.33 bits per heavy atom. The highest BCUT2D eigenvalue weighted by Gasteiger charge is 2.30. The predicted octanol–water partition coefficient (Wildman–Crippen LogP) is 2.04. The van der Waals surface area contributed by atoms with Crippen LogP contribution in [0.4, 0.5) is 8.78 Å². The number of rotatable bonds is 6. The van der Waals surface area contributed by atoms with Gasteiger partial charge in [-0.25, -0.2) is 13.6 Å². The minimum Gasteiger partial charge on any atom is -0.471 e. The van der Waals surface area contributed by atoms with E-state index in [1.165, 1.54) is 10.7 Å². The lowest BCUT2D eigenvalue weighted by molar-refractivity contribution is 0.0511. The van der Waals surface area contributed by atoms with Crippen LogP contribution in [0, 0.1) is 0 Å². The summed E-state index contributed by atoms with van der Waals surface area (Å²) in [6.07, 6.45) is -0.729. The smallest absolute Gasteiger partial charge is 0.356 e. The van der Waals surface area contributed by atoms with E-state index >= 15 is 0 Å². The van der Waals surface area contributed by atoms with Crippen LogP contribution in [0.25, 0.3) is 0 Å². The predicted molar refractivity (Wildman–Crippen MR) is 58.0 cm³/mol. The molecule has 0 radical (unpaired) electrons. The van der Waals surface area contributed by atoms with Crippen molar-refractivity contribution in [3.05, 3.63) is 11.8 Å². The van der Waals surface area contributed by atoms with Crippen LogP contribution < -0.4 is 4.74 Å². The Bertz CT molecular complexity index is 430. The number of hydrogen-bond acceptors (Lipinski definition) is 4. The quantitative estimate of drug-likeness (QED) is 0.734. The summed E-state index contributed by atoms with van der Waals surface area (Å²) in [7, 11) is 0. The van der Waals surface area contributed by atoms with E-state index in [2.05, 4.69) is 5.10 Å². The summed E-state index contributed by atoms with van der Waals surface area (Å²) in [5, 5.41) is 4.01. The van der Waals surface area contributed by atoms with Gasteiger partial charge in [-0.15, -0.1) is 5.10 Å². The fourth-order valence-electron chi connectivity index (χ4n) is 1.55. The van der Waals surface area contributed by atoms with Crippen molar-refractivity contribution in [1.82, 2.24) is 9.78 Å². The number of alkyl halides is 2. The number of aromatic nitrogens is 2. The number of nitrogens with zero attached hydrogens (tertiary/aromatic N) is 2. The topological polar surface area (TPSA) is 53.4 Å². The highest BCUT2D eigenvalue weighted by Crippen LogP contribution is 2.36.